The highest BCUT2D eigenvalue weighted by molar-refractivity contribution is 6.28. The van der Waals surface area contributed by atoms with Gasteiger partial charge in [0.25, 0.3) is 0 Å². The topological polar surface area (TPSA) is 30.7 Å². The minimum absolute atomic E-state index is 0.493. The predicted molar refractivity (Wildman–Crippen MR) is 73.9 cm³/mol. The summed E-state index contributed by atoms with van der Waals surface area (Å²) in [6.45, 7) is 5.11. The van der Waals surface area contributed by atoms with Gasteiger partial charge in [-0.1, -0.05) is 31.2 Å². The SMILES string of the molecule is CCCc1nnc(Cl)n1CCc1ccccc1C. The first-order chi connectivity index (χ1) is 8.72. The summed E-state index contributed by atoms with van der Waals surface area (Å²) in [6, 6.07) is 8.43. The second kappa shape index (κ2) is 6.01. The molecule has 1 aromatic heterocycles. The molecule has 0 bridgehead atoms. The monoisotopic (exact) mass is 263 g/mol. The lowest BCUT2D eigenvalue weighted by Crippen LogP contribution is -2.07. The Morgan fingerprint density at radius 1 is 1.17 bits per heavy atom. The van der Waals surface area contributed by atoms with Crippen molar-refractivity contribution in [2.24, 2.45) is 0 Å². The molecule has 1 heterocycles. The Bertz CT molecular complexity index is 520. The molecule has 0 spiro atoms. The number of hydrogen-bond acceptors (Lipinski definition) is 2. The molecule has 96 valence electrons. The van der Waals surface area contributed by atoms with Gasteiger partial charge in [0, 0.05) is 13.0 Å². The highest BCUT2D eigenvalue weighted by Crippen LogP contribution is 2.14. The van der Waals surface area contributed by atoms with Crippen molar-refractivity contribution in [3.8, 4) is 0 Å². The van der Waals surface area contributed by atoms with E-state index in [1.165, 1.54) is 11.1 Å². The highest BCUT2D eigenvalue weighted by Gasteiger charge is 2.09. The number of nitrogens with zero attached hydrogens (tertiary/aromatic N) is 3. The third-order valence-corrected chi connectivity index (χ3v) is 3.40. The average Bonchev–Trinajstić information content (AvgIpc) is 2.70. The quantitative estimate of drug-likeness (QED) is 0.827. The first-order valence-electron chi connectivity index (χ1n) is 6.34. The molecular weight excluding hydrogens is 246 g/mol. The largest absolute Gasteiger partial charge is 0.301 e. The fraction of sp³-hybridized carbons (Fsp3) is 0.429. The summed E-state index contributed by atoms with van der Waals surface area (Å²) in [7, 11) is 0. The van der Waals surface area contributed by atoms with Crippen LogP contribution in [0.3, 0.4) is 0 Å². The van der Waals surface area contributed by atoms with Crippen LogP contribution >= 0.6 is 11.6 Å². The van der Waals surface area contributed by atoms with Crippen LogP contribution < -0.4 is 0 Å². The van der Waals surface area contributed by atoms with Gasteiger partial charge in [-0.05, 0) is 42.5 Å². The van der Waals surface area contributed by atoms with E-state index in [9.17, 15) is 0 Å². The number of aryl methyl sites for hydroxylation is 3. The normalized spacial score (nSPS) is 10.8. The zero-order valence-corrected chi connectivity index (χ0v) is 11.6. The third-order valence-electron chi connectivity index (χ3n) is 3.12. The fourth-order valence-corrected chi connectivity index (χ4v) is 2.29. The molecule has 2 aromatic rings. The number of aromatic nitrogens is 3. The molecule has 0 N–H and O–H groups in total. The molecule has 18 heavy (non-hydrogen) atoms. The second-order valence-electron chi connectivity index (χ2n) is 4.46. The summed E-state index contributed by atoms with van der Waals surface area (Å²) in [5.74, 6) is 0.982. The number of rotatable bonds is 5. The van der Waals surface area contributed by atoms with E-state index in [0.717, 1.165) is 31.6 Å². The first-order valence-corrected chi connectivity index (χ1v) is 6.72. The molecule has 4 heteroatoms. The number of halogens is 1. The Morgan fingerprint density at radius 2 is 1.94 bits per heavy atom. The molecule has 0 unspecified atom stereocenters. The zero-order valence-electron chi connectivity index (χ0n) is 10.9. The van der Waals surface area contributed by atoms with Crippen LogP contribution in [-0.2, 0) is 19.4 Å². The van der Waals surface area contributed by atoms with Crippen molar-refractivity contribution in [1.82, 2.24) is 14.8 Å². The van der Waals surface area contributed by atoms with Crippen LogP contribution in [0.1, 0.15) is 30.3 Å². The van der Waals surface area contributed by atoms with E-state index in [1.54, 1.807) is 0 Å². The lowest BCUT2D eigenvalue weighted by atomic mass is 10.1. The minimum Gasteiger partial charge on any atom is -0.301 e. The van der Waals surface area contributed by atoms with E-state index in [-0.39, 0.29) is 0 Å². The minimum atomic E-state index is 0.493. The Labute approximate surface area is 113 Å². The van der Waals surface area contributed by atoms with Crippen molar-refractivity contribution < 1.29 is 0 Å². The summed E-state index contributed by atoms with van der Waals surface area (Å²) < 4.78 is 2.01. The smallest absolute Gasteiger partial charge is 0.225 e. The van der Waals surface area contributed by atoms with Crippen LogP contribution in [0.15, 0.2) is 24.3 Å². The van der Waals surface area contributed by atoms with Gasteiger partial charge >= 0.3 is 0 Å². The van der Waals surface area contributed by atoms with E-state index in [1.807, 2.05) is 4.57 Å². The van der Waals surface area contributed by atoms with Gasteiger partial charge in [0.05, 0.1) is 0 Å². The van der Waals surface area contributed by atoms with Crippen molar-refractivity contribution >= 4 is 11.6 Å². The summed E-state index contributed by atoms with van der Waals surface area (Å²) in [4.78, 5) is 0. The van der Waals surface area contributed by atoms with Crippen molar-refractivity contribution in [2.45, 2.75) is 39.7 Å². The van der Waals surface area contributed by atoms with Gasteiger partial charge in [-0.25, -0.2) is 0 Å². The number of hydrogen-bond donors (Lipinski definition) is 0. The molecule has 0 saturated carbocycles. The molecule has 0 radical (unpaired) electrons. The Kier molecular flexibility index (Phi) is 4.37. The molecule has 0 saturated heterocycles. The molecule has 0 aliphatic carbocycles. The molecule has 0 aliphatic rings. The number of benzene rings is 1. The van der Waals surface area contributed by atoms with Gasteiger partial charge in [-0.2, -0.15) is 0 Å². The summed E-state index contributed by atoms with van der Waals surface area (Å²) in [5, 5.41) is 8.56. The predicted octanol–water partition coefficient (Wildman–Crippen LogP) is 3.44. The van der Waals surface area contributed by atoms with Gasteiger partial charge in [0.15, 0.2) is 0 Å². The van der Waals surface area contributed by atoms with Gasteiger partial charge in [0.2, 0.25) is 5.28 Å². The van der Waals surface area contributed by atoms with Gasteiger partial charge in [-0.3, -0.25) is 0 Å². The van der Waals surface area contributed by atoms with Crippen LogP contribution in [0.25, 0.3) is 0 Å². The maximum atomic E-state index is 6.08. The van der Waals surface area contributed by atoms with Crippen LogP contribution in [0.5, 0.6) is 0 Å². The van der Waals surface area contributed by atoms with Crippen molar-refractivity contribution in [3.05, 3.63) is 46.5 Å². The maximum Gasteiger partial charge on any atom is 0.225 e. The van der Waals surface area contributed by atoms with Crippen molar-refractivity contribution in [3.63, 3.8) is 0 Å². The van der Waals surface area contributed by atoms with E-state index < -0.39 is 0 Å². The summed E-state index contributed by atoms with van der Waals surface area (Å²) in [6.07, 6.45) is 2.94. The van der Waals surface area contributed by atoms with Gasteiger partial charge in [-0.15, -0.1) is 10.2 Å². The second-order valence-corrected chi connectivity index (χ2v) is 4.80. The molecular formula is C14H18ClN3. The Hall–Kier alpha value is -1.35. The summed E-state index contributed by atoms with van der Waals surface area (Å²) >= 11 is 6.08. The fourth-order valence-electron chi connectivity index (χ4n) is 2.07. The first kappa shape index (κ1) is 13.1. The van der Waals surface area contributed by atoms with Crippen LogP contribution in [-0.4, -0.2) is 14.8 Å². The molecule has 3 nitrogen and oxygen atoms in total. The molecule has 0 amide bonds. The van der Waals surface area contributed by atoms with Crippen molar-refractivity contribution in [1.29, 1.82) is 0 Å². The van der Waals surface area contributed by atoms with Gasteiger partial charge < -0.3 is 4.57 Å². The van der Waals surface area contributed by atoms with E-state index >= 15 is 0 Å². The average molecular weight is 264 g/mol. The third kappa shape index (κ3) is 2.91. The lowest BCUT2D eigenvalue weighted by molar-refractivity contribution is 0.642. The maximum absolute atomic E-state index is 6.08. The van der Waals surface area contributed by atoms with Crippen LogP contribution in [0, 0.1) is 6.92 Å². The van der Waals surface area contributed by atoms with E-state index in [0.29, 0.717) is 5.28 Å². The van der Waals surface area contributed by atoms with E-state index in [4.69, 9.17) is 11.6 Å². The van der Waals surface area contributed by atoms with E-state index in [2.05, 4.69) is 48.3 Å². The molecule has 0 fully saturated rings. The lowest BCUT2D eigenvalue weighted by Gasteiger charge is -2.09. The summed E-state index contributed by atoms with van der Waals surface area (Å²) in [5.41, 5.74) is 2.67. The van der Waals surface area contributed by atoms with Crippen LogP contribution in [0.2, 0.25) is 5.28 Å². The Balaban J connectivity index is 2.10. The molecule has 0 atom stereocenters. The Morgan fingerprint density at radius 3 is 2.67 bits per heavy atom. The van der Waals surface area contributed by atoms with Crippen molar-refractivity contribution in [2.75, 3.05) is 0 Å². The molecule has 1 aromatic carbocycles. The van der Waals surface area contributed by atoms with Gasteiger partial charge in [0.1, 0.15) is 5.82 Å². The standard InChI is InChI=1S/C14H18ClN3/c1-3-6-13-16-17-14(15)18(13)10-9-12-8-5-4-7-11(12)2/h4-5,7-8H,3,6,9-10H2,1-2H3. The zero-order chi connectivity index (χ0) is 13.0. The van der Waals surface area contributed by atoms with Crippen LogP contribution in [0.4, 0.5) is 0 Å². The molecule has 2 rings (SSSR count). The molecule has 0 aliphatic heterocycles. The highest BCUT2D eigenvalue weighted by atomic mass is 35.5.